The third-order valence-electron chi connectivity index (χ3n) is 5.02. The molecule has 1 aromatic rings. The molecule has 2 fully saturated rings. The number of hydrogen-bond acceptors (Lipinski definition) is 3. The number of carbonyl (C=O) groups is 2. The Kier molecular flexibility index (Phi) is 5.98. The second-order valence-electron chi connectivity index (χ2n) is 6.98. The van der Waals surface area contributed by atoms with Crippen LogP contribution in [0.3, 0.4) is 0 Å². The van der Waals surface area contributed by atoms with Gasteiger partial charge >= 0.3 is 6.03 Å². The lowest BCUT2D eigenvalue weighted by Gasteiger charge is -2.39. The molecule has 0 spiro atoms. The number of likely N-dealkylation sites (tertiary alicyclic amines) is 1. The van der Waals surface area contributed by atoms with Crippen molar-refractivity contribution < 1.29 is 14.0 Å². The van der Waals surface area contributed by atoms with Crippen molar-refractivity contribution in [3.05, 3.63) is 29.0 Å². The molecule has 2 saturated heterocycles. The van der Waals surface area contributed by atoms with Gasteiger partial charge in [-0.2, -0.15) is 0 Å². The molecular formula is C18H24ClFN4O2. The summed E-state index contributed by atoms with van der Waals surface area (Å²) in [5.41, 5.74) is 0.374. The van der Waals surface area contributed by atoms with Crippen molar-refractivity contribution in [1.82, 2.24) is 14.7 Å². The molecule has 0 bridgehead atoms. The van der Waals surface area contributed by atoms with Gasteiger partial charge in [0, 0.05) is 45.0 Å². The number of carbonyl (C=O) groups excluding carboxylic acids is 2. The molecule has 26 heavy (non-hydrogen) atoms. The first-order valence-electron chi connectivity index (χ1n) is 8.92. The number of anilines is 1. The van der Waals surface area contributed by atoms with Crippen LogP contribution in [0.15, 0.2) is 18.2 Å². The summed E-state index contributed by atoms with van der Waals surface area (Å²) >= 11 is 5.66. The minimum absolute atomic E-state index is 0.00753. The largest absolute Gasteiger partial charge is 0.326 e. The van der Waals surface area contributed by atoms with Crippen LogP contribution >= 0.6 is 11.6 Å². The molecule has 2 heterocycles. The highest BCUT2D eigenvalue weighted by atomic mass is 35.5. The van der Waals surface area contributed by atoms with Gasteiger partial charge in [-0.15, -0.1) is 0 Å². The van der Waals surface area contributed by atoms with E-state index in [9.17, 15) is 14.0 Å². The minimum atomic E-state index is -0.569. The zero-order valence-corrected chi connectivity index (χ0v) is 15.6. The molecule has 0 radical (unpaired) electrons. The van der Waals surface area contributed by atoms with E-state index in [0.717, 1.165) is 19.5 Å². The Labute approximate surface area is 157 Å². The van der Waals surface area contributed by atoms with Gasteiger partial charge in [0.15, 0.2) is 0 Å². The number of likely N-dealkylation sites (N-methyl/N-ethyl adjacent to an activating group) is 1. The molecule has 8 heteroatoms. The van der Waals surface area contributed by atoms with E-state index in [2.05, 4.69) is 10.2 Å². The average molecular weight is 383 g/mol. The fourth-order valence-corrected chi connectivity index (χ4v) is 3.50. The lowest BCUT2D eigenvalue weighted by atomic mass is 9.97. The van der Waals surface area contributed by atoms with Crippen LogP contribution in [-0.2, 0) is 4.79 Å². The summed E-state index contributed by atoms with van der Waals surface area (Å²) in [7, 11) is 2.04. The summed E-state index contributed by atoms with van der Waals surface area (Å²) < 4.78 is 13.5. The van der Waals surface area contributed by atoms with Crippen LogP contribution in [0, 0.1) is 11.7 Å². The van der Waals surface area contributed by atoms with Gasteiger partial charge in [-0.3, -0.25) is 4.79 Å². The number of rotatable bonds is 2. The van der Waals surface area contributed by atoms with E-state index in [0.29, 0.717) is 38.3 Å². The second-order valence-corrected chi connectivity index (χ2v) is 7.38. The Bertz CT molecular complexity index is 679. The lowest BCUT2D eigenvalue weighted by Crippen LogP contribution is -2.54. The molecule has 3 amide bonds. The van der Waals surface area contributed by atoms with Crippen LogP contribution in [0.5, 0.6) is 0 Å². The molecule has 0 aromatic heterocycles. The summed E-state index contributed by atoms with van der Waals surface area (Å²) in [5.74, 6) is -1.05. The maximum atomic E-state index is 13.5. The molecule has 0 aliphatic carbocycles. The zero-order chi connectivity index (χ0) is 18.7. The number of hydrogen-bond donors (Lipinski definition) is 1. The number of piperidine rings is 1. The topological polar surface area (TPSA) is 55.9 Å². The van der Waals surface area contributed by atoms with Crippen molar-refractivity contribution in [3.63, 3.8) is 0 Å². The number of piperazine rings is 1. The summed E-state index contributed by atoms with van der Waals surface area (Å²) in [6.45, 7) is 4.23. The number of benzene rings is 1. The molecule has 3 rings (SSSR count). The van der Waals surface area contributed by atoms with E-state index in [-0.39, 0.29) is 22.9 Å². The summed E-state index contributed by atoms with van der Waals surface area (Å²) in [6, 6.07) is 4.19. The van der Waals surface area contributed by atoms with Gasteiger partial charge in [0.25, 0.3) is 0 Å². The summed E-state index contributed by atoms with van der Waals surface area (Å²) in [6.07, 6.45) is 1.50. The Morgan fingerprint density at radius 1 is 1.15 bits per heavy atom. The Morgan fingerprint density at radius 2 is 1.88 bits per heavy atom. The smallest absolute Gasteiger partial charge is 0.320 e. The van der Waals surface area contributed by atoms with Crippen LogP contribution in [0.2, 0.25) is 5.02 Å². The van der Waals surface area contributed by atoms with E-state index in [4.69, 9.17) is 11.6 Å². The predicted molar refractivity (Wildman–Crippen MR) is 98.8 cm³/mol. The summed E-state index contributed by atoms with van der Waals surface area (Å²) in [5, 5.41) is 2.75. The van der Waals surface area contributed by atoms with Gasteiger partial charge < -0.3 is 20.0 Å². The van der Waals surface area contributed by atoms with E-state index in [1.54, 1.807) is 11.0 Å². The number of nitrogens with zero attached hydrogens (tertiary/aromatic N) is 3. The van der Waals surface area contributed by atoms with Gasteiger partial charge in [0.05, 0.1) is 10.9 Å². The van der Waals surface area contributed by atoms with Crippen LogP contribution in [0.1, 0.15) is 12.8 Å². The monoisotopic (exact) mass is 382 g/mol. The van der Waals surface area contributed by atoms with Gasteiger partial charge in [-0.25, -0.2) is 9.18 Å². The zero-order valence-electron chi connectivity index (χ0n) is 14.9. The highest BCUT2D eigenvalue weighted by molar-refractivity contribution is 6.30. The SMILES string of the molecule is CN1CCN(C(=O)N2CCC[C@H](C(=O)Nc3ccc(Cl)c(F)c3)C2)CC1. The average Bonchev–Trinajstić information content (AvgIpc) is 2.65. The molecule has 1 N–H and O–H groups in total. The van der Waals surface area contributed by atoms with Crippen LogP contribution in [0.25, 0.3) is 0 Å². The molecule has 1 atom stereocenters. The first-order valence-corrected chi connectivity index (χ1v) is 9.30. The Hall–Kier alpha value is -1.86. The molecule has 142 valence electrons. The van der Waals surface area contributed by atoms with Crippen molar-refractivity contribution in [2.75, 3.05) is 51.6 Å². The first-order chi connectivity index (χ1) is 12.4. The molecule has 2 aliphatic rings. The third kappa shape index (κ3) is 4.45. The maximum Gasteiger partial charge on any atom is 0.320 e. The highest BCUT2D eigenvalue weighted by Gasteiger charge is 2.31. The van der Waals surface area contributed by atoms with E-state index in [1.165, 1.54) is 12.1 Å². The number of urea groups is 1. The number of nitrogens with one attached hydrogen (secondary N) is 1. The molecule has 0 saturated carbocycles. The van der Waals surface area contributed by atoms with Crippen molar-refractivity contribution in [1.29, 1.82) is 0 Å². The molecule has 2 aliphatic heterocycles. The maximum absolute atomic E-state index is 13.5. The van der Waals surface area contributed by atoms with E-state index in [1.807, 2.05) is 11.9 Å². The fraction of sp³-hybridized carbons (Fsp3) is 0.556. The quantitative estimate of drug-likeness (QED) is 0.855. The van der Waals surface area contributed by atoms with Crippen molar-refractivity contribution in [2.45, 2.75) is 12.8 Å². The Morgan fingerprint density at radius 3 is 2.58 bits per heavy atom. The standard InChI is InChI=1S/C18H24ClFN4O2/c1-22-7-9-23(10-8-22)18(26)24-6-2-3-13(12-24)17(25)21-14-4-5-15(19)16(20)11-14/h4-5,11,13H,2-3,6-10,12H2,1H3,(H,21,25)/t13-/m0/s1. The van der Waals surface area contributed by atoms with E-state index >= 15 is 0 Å². The van der Waals surface area contributed by atoms with Gasteiger partial charge in [0.1, 0.15) is 5.82 Å². The van der Waals surface area contributed by atoms with Gasteiger partial charge in [-0.1, -0.05) is 11.6 Å². The Balaban J connectivity index is 1.57. The van der Waals surface area contributed by atoms with Crippen LogP contribution in [0.4, 0.5) is 14.9 Å². The second kappa shape index (κ2) is 8.22. The molecule has 6 nitrogen and oxygen atoms in total. The van der Waals surface area contributed by atoms with Crippen molar-refractivity contribution in [2.24, 2.45) is 5.92 Å². The normalized spacial score (nSPS) is 21.6. The first kappa shape index (κ1) is 18.9. The van der Waals surface area contributed by atoms with Crippen LogP contribution < -0.4 is 5.32 Å². The van der Waals surface area contributed by atoms with Crippen molar-refractivity contribution in [3.8, 4) is 0 Å². The number of amides is 3. The molecule has 0 unspecified atom stereocenters. The highest BCUT2D eigenvalue weighted by Crippen LogP contribution is 2.22. The molecular weight excluding hydrogens is 359 g/mol. The van der Waals surface area contributed by atoms with E-state index < -0.39 is 5.82 Å². The molecule has 1 aromatic carbocycles. The van der Waals surface area contributed by atoms with Crippen LogP contribution in [-0.4, -0.2) is 73.0 Å². The van der Waals surface area contributed by atoms with Crippen molar-refractivity contribution >= 4 is 29.2 Å². The number of halogens is 2. The third-order valence-corrected chi connectivity index (χ3v) is 5.33. The predicted octanol–water partition coefficient (Wildman–Crippen LogP) is 2.50. The summed E-state index contributed by atoms with van der Waals surface area (Å²) in [4.78, 5) is 31.0. The fourth-order valence-electron chi connectivity index (χ4n) is 3.38. The lowest BCUT2D eigenvalue weighted by molar-refractivity contribution is -0.121. The van der Waals surface area contributed by atoms with Gasteiger partial charge in [0.2, 0.25) is 5.91 Å². The van der Waals surface area contributed by atoms with Gasteiger partial charge in [-0.05, 0) is 38.1 Å². The minimum Gasteiger partial charge on any atom is -0.326 e.